The van der Waals surface area contributed by atoms with Gasteiger partial charge in [-0.3, -0.25) is 4.98 Å². The lowest BCUT2D eigenvalue weighted by atomic mass is 9.86. The molecule has 2 aromatic heterocycles. The molecule has 1 aliphatic heterocycles. The minimum absolute atomic E-state index is 0.163. The van der Waals surface area contributed by atoms with Crippen molar-refractivity contribution in [2.75, 3.05) is 26.5 Å². The van der Waals surface area contributed by atoms with Crippen molar-refractivity contribution in [3.63, 3.8) is 0 Å². The second kappa shape index (κ2) is 9.93. The number of ether oxygens (including phenoxy) is 1. The summed E-state index contributed by atoms with van der Waals surface area (Å²) >= 11 is 1.76. The summed E-state index contributed by atoms with van der Waals surface area (Å²) in [5.74, 6) is 6.63. The van der Waals surface area contributed by atoms with E-state index >= 15 is 0 Å². The van der Waals surface area contributed by atoms with Crippen LogP contribution in [0.3, 0.4) is 0 Å². The molecule has 5 rings (SSSR count). The average Bonchev–Trinajstić information content (AvgIpc) is 3.18. The Morgan fingerprint density at radius 2 is 1.86 bits per heavy atom. The molecule has 182 valence electrons. The fourth-order valence-electron chi connectivity index (χ4n) is 5.46. The molecule has 1 atom stereocenters. The topological polar surface area (TPSA) is 82.3 Å². The molecule has 1 fully saturated rings. The molecule has 0 saturated carbocycles. The predicted octanol–water partition coefficient (Wildman–Crippen LogP) is 5.38. The minimum Gasteiger partial charge on any atom is -0.401 e. The highest BCUT2D eigenvalue weighted by Gasteiger charge is 2.30. The molecule has 0 spiro atoms. The van der Waals surface area contributed by atoms with Gasteiger partial charge in [-0.15, -0.1) is 11.8 Å². The van der Waals surface area contributed by atoms with E-state index in [-0.39, 0.29) is 6.04 Å². The smallest absolute Gasteiger partial charge is 0.0960 e. The summed E-state index contributed by atoms with van der Waals surface area (Å²) in [7, 11) is 1.81. The number of thioether (sulfide) groups is 1. The number of fused-ring (bicyclic) bond motifs is 3. The number of aromatic nitrogens is 2. The molecule has 0 amide bonds. The van der Waals surface area contributed by atoms with Crippen LogP contribution >= 0.6 is 11.8 Å². The summed E-state index contributed by atoms with van der Waals surface area (Å²) < 4.78 is 8.26. The van der Waals surface area contributed by atoms with Gasteiger partial charge in [0.25, 0.3) is 0 Å². The third-order valence-electron chi connectivity index (χ3n) is 6.98. The molecule has 1 unspecified atom stereocenters. The van der Waals surface area contributed by atoms with Crippen molar-refractivity contribution in [3.8, 4) is 0 Å². The Morgan fingerprint density at radius 1 is 1.11 bits per heavy atom. The Morgan fingerprint density at radius 3 is 2.51 bits per heavy atom. The monoisotopic (exact) mass is 487 g/mol. The Labute approximate surface area is 210 Å². The van der Waals surface area contributed by atoms with Gasteiger partial charge >= 0.3 is 0 Å². The van der Waals surface area contributed by atoms with E-state index in [2.05, 4.69) is 65.4 Å². The van der Waals surface area contributed by atoms with Crippen LogP contribution in [0.15, 0.2) is 71.4 Å². The van der Waals surface area contributed by atoms with Crippen LogP contribution in [0.4, 0.5) is 0 Å². The quantitative estimate of drug-likeness (QED) is 0.216. The summed E-state index contributed by atoms with van der Waals surface area (Å²) in [5, 5.41) is 2.73. The maximum absolute atomic E-state index is 6.24. The first kappa shape index (κ1) is 23.7. The first-order valence-corrected chi connectivity index (χ1v) is 13.3. The third kappa shape index (κ3) is 4.40. The highest BCUT2D eigenvalue weighted by molar-refractivity contribution is 7.98. The number of hydrazine groups is 1. The van der Waals surface area contributed by atoms with Crippen molar-refractivity contribution >= 4 is 39.4 Å². The van der Waals surface area contributed by atoms with E-state index in [0.717, 1.165) is 53.7 Å². The predicted molar refractivity (Wildman–Crippen MR) is 146 cm³/mol. The molecular weight excluding hydrogens is 454 g/mol. The molecule has 6 nitrogen and oxygen atoms in total. The van der Waals surface area contributed by atoms with Crippen molar-refractivity contribution in [1.82, 2.24) is 14.6 Å². The zero-order valence-corrected chi connectivity index (χ0v) is 21.4. The van der Waals surface area contributed by atoms with E-state index in [4.69, 9.17) is 21.3 Å². The third-order valence-corrected chi connectivity index (χ3v) is 7.70. The fraction of sp³-hybridized carbons (Fsp3) is 0.321. The van der Waals surface area contributed by atoms with Gasteiger partial charge in [-0.05, 0) is 61.8 Å². The summed E-state index contributed by atoms with van der Waals surface area (Å²) in [6.07, 6.45) is 6.05. The van der Waals surface area contributed by atoms with Crippen molar-refractivity contribution < 1.29 is 4.74 Å². The van der Waals surface area contributed by atoms with Gasteiger partial charge in [-0.25, -0.2) is 5.84 Å². The molecule has 0 bridgehead atoms. The van der Waals surface area contributed by atoms with Crippen LogP contribution in [0.1, 0.15) is 36.9 Å². The molecule has 1 aliphatic rings. The Bertz CT molecular complexity index is 1370. The van der Waals surface area contributed by atoms with Crippen LogP contribution in [0.2, 0.25) is 0 Å². The summed E-state index contributed by atoms with van der Waals surface area (Å²) in [4.78, 5) is 6.20. The van der Waals surface area contributed by atoms with Crippen LogP contribution in [-0.2, 0) is 4.74 Å². The number of rotatable bonds is 6. The fourth-order valence-corrected chi connectivity index (χ4v) is 5.90. The highest BCUT2D eigenvalue weighted by Crippen LogP contribution is 2.41. The van der Waals surface area contributed by atoms with Crippen LogP contribution in [-0.4, -0.2) is 41.1 Å². The standard InChI is InChI=1S/C28H33N5OS/c1-18(29)27(32(2)30)21-15-25-26(31-17-21)23-10-9-22(35-3)16-24(23)33(25)28(19-7-5-4-6-8-19)20-11-13-34-14-12-20/h4-10,15-17,20,28H,11-14,29-30H2,1-3H3/b27-18-. The number of nitrogens with two attached hydrogens (primary N) is 2. The van der Waals surface area contributed by atoms with E-state index < -0.39 is 0 Å². The van der Waals surface area contributed by atoms with E-state index in [9.17, 15) is 0 Å². The number of pyridine rings is 1. The van der Waals surface area contributed by atoms with Gasteiger partial charge in [0, 0.05) is 48.0 Å². The maximum atomic E-state index is 6.24. The molecule has 7 heteroatoms. The number of benzene rings is 2. The van der Waals surface area contributed by atoms with Crippen LogP contribution in [0.5, 0.6) is 0 Å². The van der Waals surface area contributed by atoms with Crippen molar-refractivity contribution in [3.05, 3.63) is 77.6 Å². The molecular formula is C28H33N5OS. The lowest BCUT2D eigenvalue weighted by molar-refractivity contribution is 0.0553. The van der Waals surface area contributed by atoms with Crippen molar-refractivity contribution in [2.24, 2.45) is 17.5 Å². The van der Waals surface area contributed by atoms with Gasteiger partial charge in [-0.1, -0.05) is 30.3 Å². The minimum atomic E-state index is 0.163. The number of allylic oxidation sites excluding steroid dienone is 1. The van der Waals surface area contributed by atoms with E-state index in [1.165, 1.54) is 16.0 Å². The number of hydrogen-bond donors (Lipinski definition) is 2. The van der Waals surface area contributed by atoms with Crippen molar-refractivity contribution in [2.45, 2.75) is 30.7 Å². The van der Waals surface area contributed by atoms with Gasteiger partial charge in [0.2, 0.25) is 0 Å². The highest BCUT2D eigenvalue weighted by atomic mass is 32.2. The van der Waals surface area contributed by atoms with Crippen LogP contribution in [0.25, 0.3) is 27.6 Å². The summed E-state index contributed by atoms with van der Waals surface area (Å²) in [6, 6.07) is 19.9. The zero-order valence-electron chi connectivity index (χ0n) is 20.6. The summed E-state index contributed by atoms with van der Waals surface area (Å²) in [6.45, 7) is 3.46. The first-order valence-electron chi connectivity index (χ1n) is 12.0. The normalized spacial score (nSPS) is 16.5. The Hall–Kier alpha value is -3.00. The maximum Gasteiger partial charge on any atom is 0.0960 e. The van der Waals surface area contributed by atoms with Gasteiger partial charge < -0.3 is 20.0 Å². The Balaban J connectivity index is 1.85. The first-order chi connectivity index (χ1) is 17.0. The second-order valence-corrected chi connectivity index (χ2v) is 10.2. The average molecular weight is 488 g/mol. The molecule has 35 heavy (non-hydrogen) atoms. The molecule has 4 aromatic rings. The van der Waals surface area contributed by atoms with Gasteiger partial charge in [0.1, 0.15) is 0 Å². The van der Waals surface area contributed by atoms with E-state index in [0.29, 0.717) is 11.6 Å². The van der Waals surface area contributed by atoms with Crippen LogP contribution in [0, 0.1) is 5.92 Å². The summed E-state index contributed by atoms with van der Waals surface area (Å²) in [5.41, 5.74) is 13.2. The van der Waals surface area contributed by atoms with E-state index in [1.54, 1.807) is 16.8 Å². The lowest BCUT2D eigenvalue weighted by Crippen LogP contribution is -2.27. The lowest BCUT2D eigenvalue weighted by Gasteiger charge is -2.33. The van der Waals surface area contributed by atoms with Crippen LogP contribution < -0.4 is 11.6 Å². The molecule has 0 radical (unpaired) electrons. The molecule has 2 aromatic carbocycles. The second-order valence-electron chi connectivity index (χ2n) is 9.29. The largest absolute Gasteiger partial charge is 0.401 e. The SMILES string of the molecule is CSc1ccc2c3ncc(/C(=C(\C)N)N(C)N)cc3n(C(c3ccccc3)C3CCOCC3)c2c1. The van der Waals surface area contributed by atoms with Crippen molar-refractivity contribution in [1.29, 1.82) is 0 Å². The van der Waals surface area contributed by atoms with Gasteiger partial charge in [0.15, 0.2) is 0 Å². The molecule has 1 saturated heterocycles. The van der Waals surface area contributed by atoms with Gasteiger partial charge in [0.05, 0.1) is 28.3 Å². The zero-order chi connectivity index (χ0) is 24.5. The van der Waals surface area contributed by atoms with E-state index in [1.807, 2.05) is 20.2 Å². The van der Waals surface area contributed by atoms with Gasteiger partial charge in [-0.2, -0.15) is 0 Å². The molecule has 4 N–H and O–H groups in total. The number of hydrogen-bond acceptors (Lipinski definition) is 6. The number of nitrogens with zero attached hydrogens (tertiary/aromatic N) is 3. The molecule has 0 aliphatic carbocycles. The Kier molecular flexibility index (Phi) is 6.73. The molecule has 3 heterocycles.